The quantitative estimate of drug-likeness (QED) is 0.501. The highest BCUT2D eigenvalue weighted by atomic mass is 32.2. The summed E-state index contributed by atoms with van der Waals surface area (Å²) in [5, 5.41) is 5.72. The summed E-state index contributed by atoms with van der Waals surface area (Å²) in [5.41, 5.74) is 1.73. The Kier molecular flexibility index (Phi) is 9.43. The molecule has 0 saturated carbocycles. The smallest absolute Gasteiger partial charge is 0.243 e. The molecule has 2 N–H and O–H groups in total. The molecule has 1 aliphatic rings. The van der Waals surface area contributed by atoms with Crippen molar-refractivity contribution in [2.45, 2.75) is 69.4 Å². The van der Waals surface area contributed by atoms with Crippen molar-refractivity contribution in [3.8, 4) is 11.5 Å². The van der Waals surface area contributed by atoms with Crippen LogP contribution in [0.5, 0.6) is 11.5 Å². The monoisotopic (exact) mass is 545 g/mol. The van der Waals surface area contributed by atoms with Crippen LogP contribution in [-0.4, -0.2) is 63.9 Å². The molecule has 1 fully saturated rings. The maximum absolute atomic E-state index is 13.2. The van der Waals surface area contributed by atoms with E-state index in [1.807, 2.05) is 18.2 Å². The highest BCUT2D eigenvalue weighted by molar-refractivity contribution is 7.89. The standard InChI is InChI=1S/C28H39N3O6S/c1-19(32)29-24(18-20-8-7-9-25(36-5)26(20)37-6)27(33)30-22-14-16-31(17-15-22)38(34,35)23-12-10-21(11-13-23)28(2,3)4/h7-13,22,24H,14-18H2,1-6H3,(H,29,32)(H,30,33)/t24-/m1/s1. The Morgan fingerprint density at radius 3 is 2.18 bits per heavy atom. The number of hydrogen-bond donors (Lipinski definition) is 2. The Bertz CT molecular complexity index is 1230. The first-order valence-corrected chi connectivity index (χ1v) is 14.2. The molecule has 3 rings (SSSR count). The highest BCUT2D eigenvalue weighted by Crippen LogP contribution is 2.31. The van der Waals surface area contributed by atoms with Crippen LogP contribution in [0.3, 0.4) is 0 Å². The molecule has 1 heterocycles. The second-order valence-electron chi connectivity index (χ2n) is 10.6. The van der Waals surface area contributed by atoms with Crippen molar-refractivity contribution in [1.82, 2.24) is 14.9 Å². The maximum Gasteiger partial charge on any atom is 0.243 e. The van der Waals surface area contributed by atoms with Crippen LogP contribution in [0.15, 0.2) is 47.4 Å². The first-order valence-electron chi connectivity index (χ1n) is 12.7. The van der Waals surface area contributed by atoms with Crippen LogP contribution >= 0.6 is 0 Å². The lowest BCUT2D eigenvalue weighted by Crippen LogP contribution is -2.53. The van der Waals surface area contributed by atoms with E-state index < -0.39 is 16.1 Å². The van der Waals surface area contributed by atoms with Gasteiger partial charge in [0, 0.05) is 38.0 Å². The molecule has 0 aliphatic carbocycles. The average molecular weight is 546 g/mol. The number of piperidine rings is 1. The predicted octanol–water partition coefficient (Wildman–Crippen LogP) is 3.02. The van der Waals surface area contributed by atoms with Crippen LogP contribution in [0.2, 0.25) is 0 Å². The van der Waals surface area contributed by atoms with E-state index in [1.165, 1.54) is 25.4 Å². The number of nitrogens with zero attached hydrogens (tertiary/aromatic N) is 1. The second kappa shape index (κ2) is 12.2. The Balaban J connectivity index is 1.65. The lowest BCUT2D eigenvalue weighted by Gasteiger charge is -2.32. The molecule has 38 heavy (non-hydrogen) atoms. The van der Waals surface area contributed by atoms with E-state index in [0.717, 1.165) is 11.1 Å². The van der Waals surface area contributed by atoms with Crippen LogP contribution in [0.1, 0.15) is 51.7 Å². The maximum atomic E-state index is 13.2. The average Bonchev–Trinajstić information content (AvgIpc) is 2.87. The highest BCUT2D eigenvalue weighted by Gasteiger charge is 2.32. The number of sulfonamides is 1. The van der Waals surface area contributed by atoms with E-state index in [2.05, 4.69) is 31.4 Å². The van der Waals surface area contributed by atoms with Crippen molar-refractivity contribution in [3.63, 3.8) is 0 Å². The SMILES string of the molecule is COc1cccc(C[C@@H](NC(C)=O)C(=O)NC2CCN(S(=O)(=O)c3ccc(C(C)(C)C)cc3)CC2)c1OC. The summed E-state index contributed by atoms with van der Waals surface area (Å²) in [4.78, 5) is 25.3. The first kappa shape index (κ1) is 29.4. The third kappa shape index (κ3) is 7.05. The fourth-order valence-corrected chi connectivity index (χ4v) is 6.08. The summed E-state index contributed by atoms with van der Waals surface area (Å²) in [6.07, 6.45) is 1.16. The topological polar surface area (TPSA) is 114 Å². The summed E-state index contributed by atoms with van der Waals surface area (Å²) < 4.78 is 38.7. The molecule has 0 unspecified atom stereocenters. The molecular weight excluding hydrogens is 506 g/mol. The van der Waals surface area contributed by atoms with Crippen LogP contribution in [0.4, 0.5) is 0 Å². The van der Waals surface area contributed by atoms with Gasteiger partial charge in [0.2, 0.25) is 21.8 Å². The van der Waals surface area contributed by atoms with Gasteiger partial charge in [0.15, 0.2) is 11.5 Å². The van der Waals surface area contributed by atoms with Crippen molar-refractivity contribution in [2.24, 2.45) is 0 Å². The largest absolute Gasteiger partial charge is 0.493 e. The number of amides is 2. The van der Waals surface area contributed by atoms with Crippen LogP contribution < -0.4 is 20.1 Å². The number of methoxy groups -OCH3 is 2. The molecule has 2 aromatic rings. The molecule has 1 aliphatic heterocycles. The lowest BCUT2D eigenvalue weighted by molar-refractivity contribution is -0.128. The molecule has 2 amide bonds. The van der Waals surface area contributed by atoms with E-state index in [-0.39, 0.29) is 34.6 Å². The number of ether oxygens (including phenoxy) is 2. The van der Waals surface area contributed by atoms with E-state index in [9.17, 15) is 18.0 Å². The Morgan fingerprint density at radius 2 is 1.66 bits per heavy atom. The number of carbonyl (C=O) groups excluding carboxylic acids is 2. The van der Waals surface area contributed by atoms with Gasteiger partial charge < -0.3 is 20.1 Å². The number of nitrogens with one attached hydrogen (secondary N) is 2. The first-order chi connectivity index (χ1) is 17.9. The Hall–Kier alpha value is -3.11. The minimum atomic E-state index is -3.63. The van der Waals surface area contributed by atoms with E-state index >= 15 is 0 Å². The fraction of sp³-hybridized carbons (Fsp3) is 0.500. The molecule has 1 saturated heterocycles. The van der Waals surface area contributed by atoms with Gasteiger partial charge in [0.1, 0.15) is 6.04 Å². The summed E-state index contributed by atoms with van der Waals surface area (Å²) >= 11 is 0. The minimum absolute atomic E-state index is 0.0638. The van der Waals surface area contributed by atoms with E-state index in [4.69, 9.17) is 9.47 Å². The van der Waals surface area contributed by atoms with Gasteiger partial charge in [-0.3, -0.25) is 9.59 Å². The summed E-state index contributed by atoms with van der Waals surface area (Å²) in [6, 6.07) is 11.4. The molecule has 208 valence electrons. The third-order valence-corrected chi connectivity index (χ3v) is 8.67. The van der Waals surface area contributed by atoms with Crippen molar-refractivity contribution in [2.75, 3.05) is 27.3 Å². The van der Waals surface area contributed by atoms with Gasteiger partial charge in [-0.25, -0.2) is 8.42 Å². The molecule has 0 aromatic heterocycles. The molecule has 0 spiro atoms. The van der Waals surface area contributed by atoms with Crippen LogP contribution in [-0.2, 0) is 31.4 Å². The van der Waals surface area contributed by atoms with E-state index in [0.29, 0.717) is 37.4 Å². The van der Waals surface area contributed by atoms with Gasteiger partial charge >= 0.3 is 0 Å². The van der Waals surface area contributed by atoms with Crippen molar-refractivity contribution >= 4 is 21.8 Å². The Labute approximate surface area is 225 Å². The number of carbonyl (C=O) groups is 2. The fourth-order valence-electron chi connectivity index (χ4n) is 4.61. The number of hydrogen-bond acceptors (Lipinski definition) is 6. The van der Waals surface area contributed by atoms with Gasteiger partial charge in [-0.05, 0) is 42.0 Å². The van der Waals surface area contributed by atoms with Gasteiger partial charge in [-0.2, -0.15) is 4.31 Å². The molecule has 0 radical (unpaired) electrons. The predicted molar refractivity (Wildman–Crippen MR) is 146 cm³/mol. The van der Waals surface area contributed by atoms with Gasteiger partial charge in [0.05, 0.1) is 19.1 Å². The molecule has 1 atom stereocenters. The van der Waals surface area contributed by atoms with Crippen LogP contribution in [0, 0.1) is 0 Å². The van der Waals surface area contributed by atoms with Crippen molar-refractivity contribution < 1.29 is 27.5 Å². The zero-order valence-electron chi connectivity index (χ0n) is 23.0. The molecule has 2 aromatic carbocycles. The van der Waals surface area contributed by atoms with E-state index in [1.54, 1.807) is 24.3 Å². The summed E-state index contributed by atoms with van der Waals surface area (Å²) in [6.45, 7) is 8.20. The minimum Gasteiger partial charge on any atom is -0.493 e. The lowest BCUT2D eigenvalue weighted by atomic mass is 9.87. The number of rotatable bonds is 9. The summed E-state index contributed by atoms with van der Waals surface area (Å²) in [7, 11) is -0.567. The zero-order chi connectivity index (χ0) is 28.1. The van der Waals surface area contributed by atoms with Gasteiger partial charge in [-0.1, -0.05) is 45.0 Å². The molecule has 9 nitrogen and oxygen atoms in total. The van der Waals surface area contributed by atoms with Gasteiger partial charge in [0.25, 0.3) is 0 Å². The molecule has 0 bridgehead atoms. The van der Waals surface area contributed by atoms with Crippen molar-refractivity contribution in [1.29, 1.82) is 0 Å². The molecule has 10 heteroatoms. The summed E-state index contributed by atoms with van der Waals surface area (Å²) in [5.74, 6) is 0.385. The zero-order valence-corrected chi connectivity index (χ0v) is 23.9. The van der Waals surface area contributed by atoms with Crippen molar-refractivity contribution in [3.05, 3.63) is 53.6 Å². The second-order valence-corrected chi connectivity index (χ2v) is 12.5. The van der Waals surface area contributed by atoms with Crippen LogP contribution in [0.25, 0.3) is 0 Å². The number of para-hydroxylation sites is 1. The molecular formula is C28H39N3O6S. The normalized spacial score (nSPS) is 15.9. The number of benzene rings is 2. The Morgan fingerprint density at radius 1 is 1.03 bits per heavy atom. The van der Waals surface area contributed by atoms with Gasteiger partial charge in [-0.15, -0.1) is 0 Å². The third-order valence-electron chi connectivity index (χ3n) is 6.76.